The van der Waals surface area contributed by atoms with E-state index in [0.717, 1.165) is 16.7 Å². The number of fused-ring (bicyclic) bond motifs is 1. The lowest BCUT2D eigenvalue weighted by Crippen LogP contribution is -2.03. The van der Waals surface area contributed by atoms with Crippen LogP contribution in [0.5, 0.6) is 0 Å². The average molecular weight is 291 g/mol. The summed E-state index contributed by atoms with van der Waals surface area (Å²) >= 11 is 11.3. The van der Waals surface area contributed by atoms with Gasteiger partial charge in [-0.2, -0.15) is 0 Å². The third-order valence-electron chi connectivity index (χ3n) is 3.05. The molecule has 0 aromatic carbocycles. The van der Waals surface area contributed by atoms with Crippen LogP contribution >= 0.6 is 23.8 Å². The molecule has 0 saturated carbocycles. The Kier molecular flexibility index (Phi) is 3.08. The van der Waals surface area contributed by atoms with E-state index < -0.39 is 0 Å². The largest absolute Gasteiger partial charge is 0.329 e. The van der Waals surface area contributed by atoms with Crippen molar-refractivity contribution in [2.75, 3.05) is 0 Å². The molecule has 3 aromatic heterocycles. The van der Waals surface area contributed by atoms with Crippen molar-refractivity contribution in [2.24, 2.45) is 0 Å². The molecular weight excluding hydrogens is 280 g/mol. The fourth-order valence-corrected chi connectivity index (χ4v) is 2.42. The summed E-state index contributed by atoms with van der Waals surface area (Å²) in [5, 5.41) is 0.591. The molecule has 1 N–H and O–H groups in total. The Balaban J connectivity index is 2.13. The highest BCUT2D eigenvalue weighted by Crippen LogP contribution is 2.18. The van der Waals surface area contributed by atoms with Crippen LogP contribution in [0.3, 0.4) is 0 Å². The van der Waals surface area contributed by atoms with Gasteiger partial charge in [0.05, 0.1) is 17.1 Å². The minimum absolute atomic E-state index is 0.591. The highest BCUT2D eigenvalue weighted by molar-refractivity contribution is 7.71. The Hall–Kier alpha value is -1.72. The molecule has 4 nitrogen and oxygen atoms in total. The summed E-state index contributed by atoms with van der Waals surface area (Å²) in [6.07, 6.45) is 5.26. The number of hydrogen-bond donors (Lipinski definition) is 1. The van der Waals surface area contributed by atoms with Crippen LogP contribution < -0.4 is 0 Å². The molecule has 0 radical (unpaired) electrons. The molecule has 6 heteroatoms. The highest BCUT2D eigenvalue weighted by atomic mass is 35.5. The predicted molar refractivity (Wildman–Crippen MR) is 78.0 cm³/mol. The van der Waals surface area contributed by atoms with Gasteiger partial charge in [-0.1, -0.05) is 11.6 Å². The van der Waals surface area contributed by atoms with Gasteiger partial charge in [0.1, 0.15) is 0 Å². The van der Waals surface area contributed by atoms with Crippen LogP contribution in [0.1, 0.15) is 11.1 Å². The van der Waals surface area contributed by atoms with Gasteiger partial charge in [0.25, 0.3) is 0 Å². The Labute approximate surface area is 120 Å². The van der Waals surface area contributed by atoms with Crippen LogP contribution in [0.15, 0.2) is 30.7 Å². The van der Waals surface area contributed by atoms with Crippen molar-refractivity contribution in [3.8, 4) is 0 Å². The zero-order chi connectivity index (χ0) is 13.4. The summed E-state index contributed by atoms with van der Waals surface area (Å²) in [7, 11) is 0. The van der Waals surface area contributed by atoms with E-state index in [1.807, 2.05) is 22.9 Å². The van der Waals surface area contributed by atoms with Crippen LogP contribution in [0.4, 0.5) is 0 Å². The molecule has 0 spiro atoms. The van der Waals surface area contributed by atoms with Gasteiger partial charge in [-0.3, -0.25) is 9.55 Å². The fourth-order valence-electron chi connectivity index (χ4n) is 2.00. The topological polar surface area (TPSA) is 46.5 Å². The van der Waals surface area contributed by atoms with E-state index in [2.05, 4.69) is 21.9 Å². The van der Waals surface area contributed by atoms with E-state index in [1.165, 1.54) is 5.56 Å². The number of hydrogen-bond acceptors (Lipinski definition) is 3. The minimum atomic E-state index is 0.591. The zero-order valence-electron chi connectivity index (χ0n) is 10.2. The maximum atomic E-state index is 5.93. The lowest BCUT2D eigenvalue weighted by molar-refractivity contribution is 0.791. The second-order valence-electron chi connectivity index (χ2n) is 4.34. The van der Waals surface area contributed by atoms with E-state index in [1.54, 1.807) is 12.4 Å². The summed E-state index contributed by atoms with van der Waals surface area (Å²) in [4.78, 5) is 11.6. The molecule has 0 amide bonds. The van der Waals surface area contributed by atoms with Gasteiger partial charge in [-0.25, -0.2) is 4.98 Å². The molecule has 0 aliphatic heterocycles. The number of pyridine rings is 2. The van der Waals surface area contributed by atoms with E-state index in [-0.39, 0.29) is 0 Å². The van der Waals surface area contributed by atoms with E-state index in [9.17, 15) is 0 Å². The predicted octanol–water partition coefficient (Wildman–Crippen LogP) is 3.50. The Morgan fingerprint density at radius 3 is 3.05 bits per heavy atom. The monoisotopic (exact) mass is 290 g/mol. The van der Waals surface area contributed by atoms with Crippen molar-refractivity contribution in [3.05, 3.63) is 51.6 Å². The first-order valence-corrected chi connectivity index (χ1v) is 6.57. The standard InChI is InChI=1S/C13H11ClN4S/c1-8-2-3-15-5-9(8)7-18-12-11(17-13(18)19)4-10(14)6-16-12/h2-6H,7H2,1H3,(H,17,19). The molecule has 19 heavy (non-hydrogen) atoms. The molecule has 0 aliphatic carbocycles. The summed E-state index contributed by atoms with van der Waals surface area (Å²) in [6.45, 7) is 2.70. The number of nitrogens with one attached hydrogen (secondary N) is 1. The van der Waals surface area contributed by atoms with Crippen molar-refractivity contribution in [1.29, 1.82) is 0 Å². The Bertz CT molecular complexity index is 806. The van der Waals surface area contributed by atoms with Crippen LogP contribution in [-0.2, 0) is 6.54 Å². The van der Waals surface area contributed by atoms with E-state index >= 15 is 0 Å². The fraction of sp³-hybridized carbons (Fsp3) is 0.154. The normalized spacial score (nSPS) is 11.1. The SMILES string of the molecule is Cc1ccncc1Cn1c(=S)[nH]c2cc(Cl)cnc21. The maximum absolute atomic E-state index is 5.93. The van der Waals surface area contributed by atoms with E-state index in [4.69, 9.17) is 23.8 Å². The minimum Gasteiger partial charge on any atom is -0.329 e. The van der Waals surface area contributed by atoms with Crippen LogP contribution in [0.25, 0.3) is 11.2 Å². The molecule has 0 saturated heterocycles. The Morgan fingerprint density at radius 1 is 1.42 bits per heavy atom. The number of aromatic nitrogens is 4. The third kappa shape index (κ3) is 2.27. The molecule has 0 unspecified atom stereocenters. The summed E-state index contributed by atoms with van der Waals surface area (Å²) < 4.78 is 2.58. The second-order valence-corrected chi connectivity index (χ2v) is 5.17. The number of aromatic amines is 1. The first-order chi connectivity index (χ1) is 9.15. The van der Waals surface area contributed by atoms with Crippen molar-refractivity contribution < 1.29 is 0 Å². The van der Waals surface area contributed by atoms with Crippen molar-refractivity contribution >= 4 is 35.0 Å². The Morgan fingerprint density at radius 2 is 2.26 bits per heavy atom. The molecule has 0 bridgehead atoms. The number of halogens is 1. The van der Waals surface area contributed by atoms with Gasteiger partial charge < -0.3 is 4.98 Å². The van der Waals surface area contributed by atoms with Gasteiger partial charge in [0.2, 0.25) is 0 Å². The van der Waals surface area contributed by atoms with Gasteiger partial charge >= 0.3 is 0 Å². The molecule has 3 heterocycles. The molecule has 3 rings (SSSR count). The lowest BCUT2D eigenvalue weighted by atomic mass is 10.1. The first-order valence-electron chi connectivity index (χ1n) is 5.79. The molecular formula is C13H11ClN4S. The summed E-state index contributed by atoms with van der Waals surface area (Å²) in [5.74, 6) is 0. The number of rotatable bonds is 2. The van der Waals surface area contributed by atoms with Crippen molar-refractivity contribution in [2.45, 2.75) is 13.5 Å². The first kappa shape index (κ1) is 12.3. The molecule has 0 atom stereocenters. The maximum Gasteiger partial charge on any atom is 0.179 e. The highest BCUT2D eigenvalue weighted by Gasteiger charge is 2.08. The third-order valence-corrected chi connectivity index (χ3v) is 3.58. The molecule has 3 aromatic rings. The van der Waals surface area contributed by atoms with Gasteiger partial charge in [-0.05, 0) is 42.4 Å². The quantitative estimate of drug-likeness (QED) is 0.735. The number of imidazole rings is 1. The van der Waals surface area contributed by atoms with Crippen LogP contribution in [-0.4, -0.2) is 19.5 Å². The zero-order valence-corrected chi connectivity index (χ0v) is 11.8. The summed E-state index contributed by atoms with van der Waals surface area (Å²) in [5.41, 5.74) is 3.95. The molecule has 0 fully saturated rings. The van der Waals surface area contributed by atoms with Gasteiger partial charge in [-0.15, -0.1) is 0 Å². The number of nitrogens with zero attached hydrogens (tertiary/aromatic N) is 3. The molecule has 0 aliphatic rings. The lowest BCUT2D eigenvalue weighted by Gasteiger charge is -2.06. The van der Waals surface area contributed by atoms with Gasteiger partial charge in [0, 0.05) is 18.6 Å². The van der Waals surface area contributed by atoms with E-state index in [0.29, 0.717) is 16.3 Å². The second kappa shape index (κ2) is 4.75. The average Bonchev–Trinajstić information content (AvgIpc) is 2.68. The number of H-pyrrole nitrogens is 1. The smallest absolute Gasteiger partial charge is 0.179 e. The van der Waals surface area contributed by atoms with Crippen molar-refractivity contribution in [1.82, 2.24) is 19.5 Å². The number of aryl methyl sites for hydroxylation is 1. The van der Waals surface area contributed by atoms with Crippen LogP contribution in [0, 0.1) is 11.7 Å². The van der Waals surface area contributed by atoms with Crippen molar-refractivity contribution in [3.63, 3.8) is 0 Å². The molecule has 96 valence electrons. The van der Waals surface area contributed by atoms with Gasteiger partial charge in [0.15, 0.2) is 10.4 Å². The van der Waals surface area contributed by atoms with Crippen LogP contribution in [0.2, 0.25) is 5.02 Å². The summed E-state index contributed by atoms with van der Waals surface area (Å²) in [6, 6.07) is 3.81.